The fourth-order valence-electron chi connectivity index (χ4n) is 2.14. The van der Waals surface area contributed by atoms with Crippen molar-refractivity contribution in [2.45, 2.75) is 12.5 Å². The standard InChI is InChI=1S/C17H14ClF2NO3/c1-24-17(23)15(8-10-3-2-4-11(18)7-10)21-16(22)13-6-5-12(19)9-14(13)20/h2-7,9,15H,8H2,1H3,(H,21,22)/t15-/m1/s1. The summed E-state index contributed by atoms with van der Waals surface area (Å²) in [6.45, 7) is 0. The Balaban J connectivity index is 2.19. The van der Waals surface area contributed by atoms with Crippen LogP contribution in [0.25, 0.3) is 0 Å². The van der Waals surface area contributed by atoms with Gasteiger partial charge in [-0.05, 0) is 29.8 Å². The number of hydrogen-bond acceptors (Lipinski definition) is 3. The van der Waals surface area contributed by atoms with Crippen molar-refractivity contribution in [1.82, 2.24) is 5.32 Å². The lowest BCUT2D eigenvalue weighted by atomic mass is 10.1. The summed E-state index contributed by atoms with van der Waals surface area (Å²) in [5.41, 5.74) is 0.328. The molecule has 126 valence electrons. The summed E-state index contributed by atoms with van der Waals surface area (Å²) in [6.07, 6.45) is 0.113. The van der Waals surface area contributed by atoms with E-state index in [1.165, 1.54) is 7.11 Å². The average Bonchev–Trinajstić information content (AvgIpc) is 2.53. The molecule has 4 nitrogen and oxygen atoms in total. The van der Waals surface area contributed by atoms with Gasteiger partial charge in [-0.25, -0.2) is 13.6 Å². The summed E-state index contributed by atoms with van der Waals surface area (Å²) < 4.78 is 31.3. The molecule has 24 heavy (non-hydrogen) atoms. The third-order valence-corrected chi connectivity index (χ3v) is 3.53. The molecule has 0 bridgehead atoms. The van der Waals surface area contributed by atoms with E-state index in [0.29, 0.717) is 16.7 Å². The SMILES string of the molecule is COC(=O)[C@@H](Cc1cccc(Cl)c1)NC(=O)c1ccc(F)cc1F. The molecule has 0 aliphatic heterocycles. The number of nitrogens with one attached hydrogen (secondary N) is 1. The molecular formula is C17H14ClF2NO3. The van der Waals surface area contributed by atoms with Gasteiger partial charge in [0.25, 0.3) is 5.91 Å². The molecule has 1 atom stereocenters. The lowest BCUT2D eigenvalue weighted by Gasteiger charge is -2.17. The Bertz CT molecular complexity index is 767. The molecule has 0 unspecified atom stereocenters. The topological polar surface area (TPSA) is 55.4 Å². The van der Waals surface area contributed by atoms with Gasteiger partial charge in [0, 0.05) is 17.5 Å². The number of carbonyl (C=O) groups excluding carboxylic acids is 2. The summed E-state index contributed by atoms with van der Waals surface area (Å²) >= 11 is 5.89. The van der Waals surface area contributed by atoms with E-state index in [1.807, 2.05) is 0 Å². The molecule has 0 aliphatic rings. The third kappa shape index (κ3) is 4.52. The van der Waals surface area contributed by atoms with Crippen LogP contribution in [0.4, 0.5) is 8.78 Å². The summed E-state index contributed by atoms with van der Waals surface area (Å²) in [7, 11) is 1.18. The van der Waals surface area contributed by atoms with Crippen molar-refractivity contribution in [2.24, 2.45) is 0 Å². The summed E-state index contributed by atoms with van der Waals surface area (Å²) in [4.78, 5) is 24.0. The van der Waals surface area contributed by atoms with Crippen LogP contribution >= 0.6 is 11.6 Å². The number of esters is 1. The van der Waals surface area contributed by atoms with E-state index in [1.54, 1.807) is 24.3 Å². The average molecular weight is 354 g/mol. The maximum Gasteiger partial charge on any atom is 0.328 e. The molecule has 2 aromatic rings. The number of amides is 1. The number of methoxy groups -OCH3 is 1. The van der Waals surface area contributed by atoms with Crippen molar-refractivity contribution < 1.29 is 23.1 Å². The number of ether oxygens (including phenoxy) is 1. The normalized spacial score (nSPS) is 11.7. The van der Waals surface area contributed by atoms with Crippen LogP contribution in [-0.4, -0.2) is 25.0 Å². The fourth-order valence-corrected chi connectivity index (χ4v) is 2.36. The van der Waals surface area contributed by atoms with Gasteiger partial charge >= 0.3 is 5.97 Å². The van der Waals surface area contributed by atoms with Gasteiger partial charge in [-0.15, -0.1) is 0 Å². The van der Waals surface area contributed by atoms with E-state index in [2.05, 4.69) is 10.1 Å². The van der Waals surface area contributed by atoms with E-state index in [9.17, 15) is 18.4 Å². The zero-order valence-corrected chi connectivity index (χ0v) is 13.4. The van der Waals surface area contributed by atoms with E-state index < -0.39 is 29.6 Å². The second-order valence-corrected chi connectivity index (χ2v) is 5.44. The van der Waals surface area contributed by atoms with E-state index >= 15 is 0 Å². The number of hydrogen-bond donors (Lipinski definition) is 1. The first kappa shape index (κ1) is 17.9. The largest absolute Gasteiger partial charge is 0.467 e. The molecule has 0 saturated carbocycles. The molecule has 0 aliphatic carbocycles. The van der Waals surface area contributed by atoms with Crippen molar-refractivity contribution >= 4 is 23.5 Å². The van der Waals surface area contributed by atoms with Crippen LogP contribution in [-0.2, 0) is 16.0 Å². The molecule has 1 N–H and O–H groups in total. The van der Waals surface area contributed by atoms with Crippen LogP contribution in [0.15, 0.2) is 42.5 Å². The van der Waals surface area contributed by atoms with Gasteiger partial charge in [0.05, 0.1) is 12.7 Å². The van der Waals surface area contributed by atoms with Gasteiger partial charge in [0.15, 0.2) is 0 Å². The van der Waals surface area contributed by atoms with Crippen LogP contribution in [0.3, 0.4) is 0 Å². The smallest absolute Gasteiger partial charge is 0.328 e. The summed E-state index contributed by atoms with van der Waals surface area (Å²) in [5, 5.41) is 2.87. The second-order valence-electron chi connectivity index (χ2n) is 5.01. The predicted molar refractivity (Wildman–Crippen MR) is 84.8 cm³/mol. The zero-order chi connectivity index (χ0) is 17.7. The van der Waals surface area contributed by atoms with Crippen molar-refractivity contribution in [3.05, 3.63) is 70.2 Å². The van der Waals surface area contributed by atoms with Gasteiger partial charge in [-0.2, -0.15) is 0 Å². The minimum Gasteiger partial charge on any atom is -0.467 e. The number of benzene rings is 2. The van der Waals surface area contributed by atoms with E-state index in [0.717, 1.165) is 12.1 Å². The molecule has 0 fully saturated rings. The van der Waals surface area contributed by atoms with E-state index in [-0.39, 0.29) is 12.0 Å². The lowest BCUT2D eigenvalue weighted by molar-refractivity contribution is -0.142. The van der Waals surface area contributed by atoms with Crippen molar-refractivity contribution in [3.8, 4) is 0 Å². The Kier molecular flexibility index (Phi) is 5.87. The van der Waals surface area contributed by atoms with Gasteiger partial charge < -0.3 is 10.1 Å². The van der Waals surface area contributed by atoms with Crippen LogP contribution in [0, 0.1) is 11.6 Å². The van der Waals surface area contributed by atoms with Crippen LogP contribution in [0.2, 0.25) is 5.02 Å². The highest BCUT2D eigenvalue weighted by atomic mass is 35.5. The predicted octanol–water partition coefficient (Wildman–Crippen LogP) is 3.13. The monoisotopic (exact) mass is 353 g/mol. The molecule has 1 amide bonds. The number of carbonyl (C=O) groups is 2. The molecule has 0 spiro atoms. The third-order valence-electron chi connectivity index (χ3n) is 3.30. The molecule has 0 aromatic heterocycles. The maximum absolute atomic E-state index is 13.7. The summed E-state index contributed by atoms with van der Waals surface area (Å²) in [6, 6.07) is 8.27. The van der Waals surface area contributed by atoms with E-state index in [4.69, 9.17) is 11.6 Å². The molecule has 7 heteroatoms. The first-order valence-corrected chi connectivity index (χ1v) is 7.36. The highest BCUT2D eigenvalue weighted by Crippen LogP contribution is 2.14. The van der Waals surface area contributed by atoms with Crippen molar-refractivity contribution in [1.29, 1.82) is 0 Å². The number of halogens is 3. The Labute approximate surface area is 142 Å². The second kappa shape index (κ2) is 7.88. The van der Waals surface area contributed by atoms with Crippen molar-refractivity contribution in [3.63, 3.8) is 0 Å². The molecule has 0 heterocycles. The first-order valence-electron chi connectivity index (χ1n) is 6.99. The molecule has 2 rings (SSSR count). The van der Waals surface area contributed by atoms with Crippen LogP contribution in [0.5, 0.6) is 0 Å². The fraction of sp³-hybridized carbons (Fsp3) is 0.176. The highest BCUT2D eigenvalue weighted by Gasteiger charge is 2.24. The van der Waals surface area contributed by atoms with Gasteiger partial charge in [0.2, 0.25) is 0 Å². The Morgan fingerprint density at radius 1 is 1.21 bits per heavy atom. The lowest BCUT2D eigenvalue weighted by Crippen LogP contribution is -2.43. The molecular weight excluding hydrogens is 340 g/mol. The molecule has 0 radical (unpaired) electrons. The van der Waals surface area contributed by atoms with Gasteiger partial charge in [-0.1, -0.05) is 23.7 Å². The van der Waals surface area contributed by atoms with Gasteiger partial charge in [0.1, 0.15) is 17.7 Å². The van der Waals surface area contributed by atoms with Crippen LogP contribution in [0.1, 0.15) is 15.9 Å². The minimum atomic E-state index is -1.04. The highest BCUT2D eigenvalue weighted by molar-refractivity contribution is 6.30. The Morgan fingerprint density at radius 3 is 2.58 bits per heavy atom. The van der Waals surface area contributed by atoms with Crippen LogP contribution < -0.4 is 5.32 Å². The molecule has 0 saturated heterocycles. The summed E-state index contributed by atoms with van der Waals surface area (Å²) in [5.74, 6) is -3.35. The zero-order valence-electron chi connectivity index (χ0n) is 12.7. The first-order chi connectivity index (χ1) is 11.4. The Morgan fingerprint density at radius 2 is 1.96 bits per heavy atom. The number of rotatable bonds is 5. The van der Waals surface area contributed by atoms with Gasteiger partial charge in [-0.3, -0.25) is 4.79 Å². The quantitative estimate of drug-likeness (QED) is 0.840. The Hall–Kier alpha value is -2.47. The van der Waals surface area contributed by atoms with Crippen molar-refractivity contribution in [2.75, 3.05) is 7.11 Å². The maximum atomic E-state index is 13.7. The molecule has 2 aromatic carbocycles. The minimum absolute atomic E-state index is 0.113.